The Morgan fingerprint density at radius 1 is 0.619 bits per heavy atom. The molecule has 0 heterocycles. The van der Waals surface area contributed by atoms with E-state index in [0.717, 1.165) is 11.1 Å². The Kier molecular flexibility index (Phi) is 8.31. The fourth-order valence-electron chi connectivity index (χ4n) is 1.83. The van der Waals surface area contributed by atoms with Crippen LogP contribution in [0.3, 0.4) is 0 Å². The summed E-state index contributed by atoms with van der Waals surface area (Å²) in [5, 5.41) is 35.2. The van der Waals surface area contributed by atoms with Gasteiger partial charge in [0.25, 0.3) is 0 Å². The van der Waals surface area contributed by atoms with Gasteiger partial charge >= 0.3 is 0 Å². The molecular formula is C17H22O4. The molecule has 4 N–H and O–H groups in total. The van der Waals surface area contributed by atoms with Gasteiger partial charge in [0.05, 0.1) is 25.4 Å². The average molecular weight is 290 g/mol. The summed E-state index contributed by atoms with van der Waals surface area (Å²) in [6.07, 6.45) is -0.952. The molecule has 0 saturated carbocycles. The highest BCUT2D eigenvalue weighted by Crippen LogP contribution is 2.25. The van der Waals surface area contributed by atoms with Crippen LogP contribution in [0.4, 0.5) is 0 Å². The number of hydrogen-bond donors (Lipinski definition) is 4. The minimum atomic E-state index is -0.633. The molecule has 0 spiro atoms. The van der Waals surface area contributed by atoms with Crippen LogP contribution in [0.15, 0.2) is 60.7 Å². The van der Waals surface area contributed by atoms with Gasteiger partial charge in [-0.3, -0.25) is 0 Å². The second kappa shape index (κ2) is 10.1. The molecule has 2 atom stereocenters. The van der Waals surface area contributed by atoms with Crippen LogP contribution >= 0.6 is 0 Å². The molecule has 4 heteroatoms. The first-order valence-corrected chi connectivity index (χ1v) is 6.86. The van der Waals surface area contributed by atoms with Crippen LogP contribution < -0.4 is 0 Å². The fourth-order valence-corrected chi connectivity index (χ4v) is 1.83. The minimum Gasteiger partial charge on any atom is -0.394 e. The topological polar surface area (TPSA) is 80.9 Å². The first-order valence-electron chi connectivity index (χ1n) is 6.86. The molecule has 0 aliphatic heterocycles. The van der Waals surface area contributed by atoms with Crippen LogP contribution in [0.1, 0.15) is 29.8 Å². The van der Waals surface area contributed by atoms with Crippen molar-refractivity contribution < 1.29 is 20.4 Å². The van der Waals surface area contributed by atoms with E-state index >= 15 is 0 Å². The second-order valence-corrected chi connectivity index (χ2v) is 4.54. The third kappa shape index (κ3) is 6.51. The summed E-state index contributed by atoms with van der Waals surface area (Å²) in [4.78, 5) is 0. The van der Waals surface area contributed by atoms with E-state index in [9.17, 15) is 10.2 Å². The Morgan fingerprint density at radius 2 is 0.952 bits per heavy atom. The van der Waals surface area contributed by atoms with Crippen LogP contribution in [0.5, 0.6) is 0 Å². The van der Waals surface area contributed by atoms with Crippen molar-refractivity contribution in [3.05, 3.63) is 71.8 Å². The molecular weight excluding hydrogens is 268 g/mol. The smallest absolute Gasteiger partial charge is 0.0818 e. The van der Waals surface area contributed by atoms with Gasteiger partial charge in [-0.05, 0) is 11.1 Å². The standard InChI is InChI=1S/C15H16O2.C2H6O2/c16-14(12-7-3-1-4-8-12)11-15(17)13-9-5-2-6-10-13;3-1-2-4/h1-10,14-17H,11H2;3-4H,1-2H2. The Labute approximate surface area is 124 Å². The SMILES string of the molecule is OC(CC(O)c1ccccc1)c1ccccc1.OCCO. The zero-order chi connectivity index (χ0) is 15.5. The molecule has 0 aromatic heterocycles. The van der Waals surface area contributed by atoms with Crippen molar-refractivity contribution >= 4 is 0 Å². The lowest BCUT2D eigenvalue weighted by Crippen LogP contribution is -2.05. The van der Waals surface area contributed by atoms with Crippen molar-refractivity contribution in [2.75, 3.05) is 13.2 Å². The molecule has 2 aromatic rings. The first-order chi connectivity index (χ1) is 10.2. The molecule has 2 unspecified atom stereocenters. The van der Waals surface area contributed by atoms with Gasteiger partial charge in [0.2, 0.25) is 0 Å². The summed E-state index contributed by atoms with van der Waals surface area (Å²) in [5.41, 5.74) is 1.67. The molecule has 0 saturated heterocycles. The van der Waals surface area contributed by atoms with E-state index in [4.69, 9.17) is 10.2 Å². The van der Waals surface area contributed by atoms with Crippen molar-refractivity contribution in [1.82, 2.24) is 0 Å². The largest absolute Gasteiger partial charge is 0.394 e. The van der Waals surface area contributed by atoms with E-state index in [2.05, 4.69) is 0 Å². The highest BCUT2D eigenvalue weighted by molar-refractivity contribution is 5.20. The molecule has 21 heavy (non-hydrogen) atoms. The van der Waals surface area contributed by atoms with Gasteiger partial charge in [-0.2, -0.15) is 0 Å². The predicted octanol–water partition coefficient (Wildman–Crippen LogP) is 1.81. The summed E-state index contributed by atoms with van der Waals surface area (Å²) >= 11 is 0. The molecule has 0 fully saturated rings. The molecule has 2 aromatic carbocycles. The molecule has 0 aliphatic carbocycles. The number of aliphatic hydroxyl groups is 4. The lowest BCUT2D eigenvalue weighted by molar-refractivity contribution is 0.0804. The van der Waals surface area contributed by atoms with Crippen LogP contribution in [-0.2, 0) is 0 Å². The van der Waals surface area contributed by atoms with Crippen molar-refractivity contribution in [3.8, 4) is 0 Å². The quantitative estimate of drug-likeness (QED) is 0.677. The number of aliphatic hydroxyl groups excluding tert-OH is 4. The molecule has 0 amide bonds. The first kappa shape index (κ1) is 17.3. The number of rotatable bonds is 5. The molecule has 0 aliphatic rings. The zero-order valence-electron chi connectivity index (χ0n) is 11.8. The van der Waals surface area contributed by atoms with Gasteiger partial charge in [0, 0.05) is 6.42 Å². The lowest BCUT2D eigenvalue weighted by Gasteiger charge is -2.16. The van der Waals surface area contributed by atoms with E-state index < -0.39 is 12.2 Å². The van der Waals surface area contributed by atoms with Gasteiger partial charge in [-0.25, -0.2) is 0 Å². The molecule has 0 bridgehead atoms. The maximum Gasteiger partial charge on any atom is 0.0818 e. The highest BCUT2D eigenvalue weighted by Gasteiger charge is 2.14. The molecule has 114 valence electrons. The maximum absolute atomic E-state index is 9.99. The fraction of sp³-hybridized carbons (Fsp3) is 0.294. The van der Waals surface area contributed by atoms with Gasteiger partial charge in [-0.1, -0.05) is 60.7 Å². The van der Waals surface area contributed by atoms with E-state index in [1.54, 1.807) is 0 Å². The van der Waals surface area contributed by atoms with Crippen molar-refractivity contribution in [2.45, 2.75) is 18.6 Å². The third-order valence-corrected chi connectivity index (χ3v) is 2.92. The van der Waals surface area contributed by atoms with Crippen molar-refractivity contribution in [2.24, 2.45) is 0 Å². The number of benzene rings is 2. The molecule has 2 rings (SSSR count). The van der Waals surface area contributed by atoms with Crippen LogP contribution in [0.2, 0.25) is 0 Å². The van der Waals surface area contributed by atoms with Crippen LogP contribution in [0.25, 0.3) is 0 Å². The molecule has 0 radical (unpaired) electrons. The minimum absolute atomic E-state index is 0.125. The third-order valence-electron chi connectivity index (χ3n) is 2.92. The summed E-state index contributed by atoms with van der Waals surface area (Å²) in [6, 6.07) is 18.8. The Morgan fingerprint density at radius 3 is 1.24 bits per heavy atom. The normalized spacial score (nSPS) is 13.0. The second-order valence-electron chi connectivity index (χ2n) is 4.54. The summed E-state index contributed by atoms with van der Waals surface area (Å²) in [6.45, 7) is -0.250. The maximum atomic E-state index is 9.99. The van der Waals surface area contributed by atoms with Crippen LogP contribution in [0, 0.1) is 0 Å². The van der Waals surface area contributed by atoms with Crippen molar-refractivity contribution in [1.29, 1.82) is 0 Å². The van der Waals surface area contributed by atoms with E-state index in [1.807, 2.05) is 60.7 Å². The zero-order valence-corrected chi connectivity index (χ0v) is 11.8. The van der Waals surface area contributed by atoms with Gasteiger partial charge in [-0.15, -0.1) is 0 Å². The van der Waals surface area contributed by atoms with Gasteiger partial charge < -0.3 is 20.4 Å². The van der Waals surface area contributed by atoms with E-state index in [1.165, 1.54) is 0 Å². The monoisotopic (exact) mass is 290 g/mol. The summed E-state index contributed by atoms with van der Waals surface area (Å²) in [7, 11) is 0. The van der Waals surface area contributed by atoms with Gasteiger partial charge in [0.1, 0.15) is 0 Å². The van der Waals surface area contributed by atoms with Crippen LogP contribution in [-0.4, -0.2) is 33.6 Å². The predicted molar refractivity (Wildman–Crippen MR) is 81.6 cm³/mol. The highest BCUT2D eigenvalue weighted by atomic mass is 16.3. The average Bonchev–Trinajstić information content (AvgIpc) is 2.56. The molecule has 4 nitrogen and oxygen atoms in total. The Hall–Kier alpha value is -1.72. The van der Waals surface area contributed by atoms with Crippen molar-refractivity contribution in [3.63, 3.8) is 0 Å². The van der Waals surface area contributed by atoms with E-state index in [0.29, 0.717) is 6.42 Å². The van der Waals surface area contributed by atoms with E-state index in [-0.39, 0.29) is 13.2 Å². The Balaban J connectivity index is 0.000000491. The lowest BCUT2D eigenvalue weighted by atomic mass is 9.99. The Bertz CT molecular complexity index is 427. The van der Waals surface area contributed by atoms with Gasteiger partial charge in [0.15, 0.2) is 0 Å². The summed E-state index contributed by atoms with van der Waals surface area (Å²) < 4.78 is 0. The number of hydrogen-bond acceptors (Lipinski definition) is 4. The summed E-state index contributed by atoms with van der Waals surface area (Å²) in [5.74, 6) is 0.